The normalized spacial score (nSPS) is 16.4. The fourth-order valence-electron chi connectivity index (χ4n) is 2.58. The number of carbonyl (C=O) groups is 1. The lowest BCUT2D eigenvalue weighted by molar-refractivity contribution is 0.0521. The van der Waals surface area contributed by atoms with Crippen molar-refractivity contribution in [1.29, 1.82) is 0 Å². The molecule has 6 nitrogen and oxygen atoms in total. The van der Waals surface area contributed by atoms with Crippen molar-refractivity contribution < 1.29 is 9.53 Å². The first-order valence-corrected chi connectivity index (χ1v) is 8.47. The van der Waals surface area contributed by atoms with E-state index in [0.29, 0.717) is 18.5 Å². The van der Waals surface area contributed by atoms with Gasteiger partial charge in [-0.3, -0.25) is 0 Å². The highest BCUT2D eigenvalue weighted by Crippen LogP contribution is 2.32. The van der Waals surface area contributed by atoms with Gasteiger partial charge in [0.2, 0.25) is 0 Å². The van der Waals surface area contributed by atoms with Gasteiger partial charge in [-0.2, -0.15) is 0 Å². The summed E-state index contributed by atoms with van der Waals surface area (Å²) in [4.78, 5) is 16.0. The van der Waals surface area contributed by atoms with Crippen molar-refractivity contribution in [2.24, 2.45) is 5.92 Å². The third kappa shape index (κ3) is 5.86. The number of rotatable bonds is 7. The average molecular weight is 322 g/mol. The predicted octanol–water partition coefficient (Wildman–Crippen LogP) is 2.86. The van der Waals surface area contributed by atoms with Crippen molar-refractivity contribution in [2.75, 3.05) is 6.54 Å². The molecule has 1 fully saturated rings. The smallest absolute Gasteiger partial charge is 0.407 e. The van der Waals surface area contributed by atoms with Crippen LogP contribution in [0.5, 0.6) is 0 Å². The maximum atomic E-state index is 11.8. The van der Waals surface area contributed by atoms with Gasteiger partial charge < -0.3 is 19.9 Å². The molecule has 0 aromatic carbocycles. The number of ether oxygens (including phenoxy) is 1. The van der Waals surface area contributed by atoms with Gasteiger partial charge in [0, 0.05) is 31.4 Å². The molecule has 0 bridgehead atoms. The molecule has 2 rings (SSSR count). The Morgan fingerprint density at radius 3 is 2.70 bits per heavy atom. The Bertz CT molecular complexity index is 515. The Morgan fingerprint density at radius 1 is 1.43 bits per heavy atom. The molecule has 1 unspecified atom stereocenters. The monoisotopic (exact) mass is 322 g/mol. The number of aromatic nitrogens is 2. The third-order valence-electron chi connectivity index (χ3n) is 3.90. The molecule has 6 heteroatoms. The topological polar surface area (TPSA) is 68.2 Å². The maximum Gasteiger partial charge on any atom is 0.407 e. The minimum atomic E-state index is -0.462. The first-order valence-electron chi connectivity index (χ1n) is 8.47. The van der Waals surface area contributed by atoms with E-state index in [9.17, 15) is 4.79 Å². The number of hydrogen-bond donors (Lipinski definition) is 2. The minimum absolute atomic E-state index is 0.276. The van der Waals surface area contributed by atoms with Crippen LogP contribution >= 0.6 is 0 Å². The van der Waals surface area contributed by atoms with Gasteiger partial charge in [0.25, 0.3) is 0 Å². The van der Waals surface area contributed by atoms with E-state index in [0.717, 1.165) is 6.54 Å². The van der Waals surface area contributed by atoms with Crippen molar-refractivity contribution in [3.8, 4) is 0 Å². The quantitative estimate of drug-likeness (QED) is 0.810. The summed E-state index contributed by atoms with van der Waals surface area (Å²) in [6, 6.07) is 0.673. The number of carbonyl (C=O) groups excluding carboxylic acids is 1. The summed E-state index contributed by atoms with van der Waals surface area (Å²) >= 11 is 0. The molecule has 1 aliphatic rings. The number of hydrogen-bond acceptors (Lipinski definition) is 4. The van der Waals surface area contributed by atoms with Gasteiger partial charge in [-0.05, 0) is 53.4 Å². The van der Waals surface area contributed by atoms with E-state index in [1.807, 2.05) is 33.3 Å². The van der Waals surface area contributed by atoms with E-state index in [-0.39, 0.29) is 12.1 Å². The summed E-state index contributed by atoms with van der Waals surface area (Å²) in [5.41, 5.74) is 0.707. The van der Waals surface area contributed by atoms with E-state index < -0.39 is 5.60 Å². The molecule has 0 radical (unpaired) electrons. The Morgan fingerprint density at radius 2 is 2.13 bits per heavy atom. The van der Waals surface area contributed by atoms with Gasteiger partial charge in [0.05, 0.1) is 12.0 Å². The lowest BCUT2D eigenvalue weighted by Gasteiger charge is -2.23. The van der Waals surface area contributed by atoms with E-state index in [1.54, 1.807) is 0 Å². The number of imidazole rings is 1. The van der Waals surface area contributed by atoms with E-state index in [4.69, 9.17) is 4.74 Å². The van der Waals surface area contributed by atoms with E-state index >= 15 is 0 Å². The molecule has 1 heterocycles. The predicted molar refractivity (Wildman–Crippen MR) is 90.2 cm³/mol. The lowest BCUT2D eigenvalue weighted by atomic mass is 10.2. The van der Waals surface area contributed by atoms with Gasteiger partial charge in [-0.15, -0.1) is 0 Å². The third-order valence-corrected chi connectivity index (χ3v) is 3.90. The molecule has 0 saturated heterocycles. The molecule has 1 saturated carbocycles. The van der Waals surface area contributed by atoms with Gasteiger partial charge >= 0.3 is 6.09 Å². The van der Waals surface area contributed by atoms with E-state index in [2.05, 4.69) is 34.0 Å². The van der Waals surface area contributed by atoms with Crippen molar-refractivity contribution >= 4 is 6.09 Å². The highest BCUT2D eigenvalue weighted by Gasteiger charge is 2.31. The molecule has 0 aliphatic heterocycles. The standard InChI is InChI=1S/C17H30N4O2/c1-12(2)21-11-18-8-14(21)9-19-15(13-6-7-13)10-20-16(22)23-17(3,4)5/h8,11-13,15,19H,6-7,9-10H2,1-5H3,(H,20,22). The lowest BCUT2D eigenvalue weighted by Crippen LogP contribution is -2.43. The molecule has 23 heavy (non-hydrogen) atoms. The summed E-state index contributed by atoms with van der Waals surface area (Å²) < 4.78 is 7.46. The Labute approximate surface area is 139 Å². The van der Waals surface area contributed by atoms with Crippen LogP contribution in [0, 0.1) is 5.92 Å². The SMILES string of the molecule is CC(C)n1cncc1CNC(CNC(=O)OC(C)(C)C)C1CC1. The molecular weight excluding hydrogens is 292 g/mol. The Balaban J connectivity index is 1.83. The zero-order valence-corrected chi connectivity index (χ0v) is 14.9. The number of nitrogens with one attached hydrogen (secondary N) is 2. The zero-order valence-electron chi connectivity index (χ0n) is 14.9. The van der Waals surface area contributed by atoms with Crippen molar-refractivity contribution in [1.82, 2.24) is 20.2 Å². The fraction of sp³-hybridized carbons (Fsp3) is 0.765. The maximum absolute atomic E-state index is 11.8. The highest BCUT2D eigenvalue weighted by atomic mass is 16.6. The second kappa shape index (κ2) is 7.34. The van der Waals surface area contributed by atoms with Crippen LogP contribution in [0.15, 0.2) is 12.5 Å². The van der Waals surface area contributed by atoms with Crippen LogP contribution in [0.4, 0.5) is 4.79 Å². The Kier molecular flexibility index (Phi) is 5.68. The van der Waals surface area contributed by atoms with Gasteiger partial charge in [-0.25, -0.2) is 9.78 Å². The summed E-state index contributed by atoms with van der Waals surface area (Å²) in [5.74, 6) is 0.639. The molecule has 1 amide bonds. The molecule has 1 aliphatic carbocycles. The molecule has 130 valence electrons. The van der Waals surface area contributed by atoms with Crippen LogP contribution in [0.3, 0.4) is 0 Å². The van der Waals surface area contributed by atoms with Crippen LogP contribution in [0.1, 0.15) is 59.2 Å². The van der Waals surface area contributed by atoms with Crippen LogP contribution in [0.2, 0.25) is 0 Å². The Hall–Kier alpha value is -1.56. The van der Waals surface area contributed by atoms with Crippen molar-refractivity contribution in [3.63, 3.8) is 0 Å². The summed E-state index contributed by atoms with van der Waals surface area (Å²) in [7, 11) is 0. The van der Waals surface area contributed by atoms with Gasteiger partial charge in [0.15, 0.2) is 0 Å². The first kappa shape index (κ1) is 17.8. The summed E-state index contributed by atoms with van der Waals surface area (Å²) in [6.45, 7) is 11.3. The molecule has 1 atom stereocenters. The first-order chi connectivity index (χ1) is 10.8. The molecule has 2 N–H and O–H groups in total. The van der Waals surface area contributed by atoms with Gasteiger partial charge in [0.1, 0.15) is 5.60 Å². The van der Waals surface area contributed by atoms with Crippen LogP contribution in [-0.2, 0) is 11.3 Å². The summed E-state index contributed by atoms with van der Waals surface area (Å²) in [5, 5.41) is 6.45. The van der Waals surface area contributed by atoms with Crippen molar-refractivity contribution in [2.45, 2.75) is 71.7 Å². The van der Waals surface area contributed by atoms with Crippen LogP contribution in [-0.4, -0.2) is 33.8 Å². The minimum Gasteiger partial charge on any atom is -0.444 e. The fourth-order valence-corrected chi connectivity index (χ4v) is 2.58. The molecule has 1 aromatic heterocycles. The average Bonchev–Trinajstić information content (AvgIpc) is 3.14. The number of alkyl carbamates (subject to hydrolysis) is 1. The van der Waals surface area contributed by atoms with Gasteiger partial charge in [-0.1, -0.05) is 0 Å². The van der Waals surface area contributed by atoms with Crippen LogP contribution < -0.4 is 10.6 Å². The highest BCUT2D eigenvalue weighted by molar-refractivity contribution is 5.67. The van der Waals surface area contributed by atoms with Crippen molar-refractivity contribution in [3.05, 3.63) is 18.2 Å². The molecule has 0 spiro atoms. The summed E-state index contributed by atoms with van der Waals surface area (Å²) in [6.07, 6.45) is 5.86. The second-order valence-electron chi connectivity index (χ2n) is 7.59. The van der Waals surface area contributed by atoms with E-state index in [1.165, 1.54) is 18.5 Å². The molecular formula is C17H30N4O2. The molecule has 1 aromatic rings. The zero-order chi connectivity index (χ0) is 17.0. The van der Waals surface area contributed by atoms with Crippen LogP contribution in [0.25, 0.3) is 0 Å². The second-order valence-corrected chi connectivity index (χ2v) is 7.59. The number of nitrogens with zero attached hydrogens (tertiary/aromatic N) is 2. The number of amides is 1. The largest absolute Gasteiger partial charge is 0.444 e.